The van der Waals surface area contributed by atoms with Gasteiger partial charge in [0.1, 0.15) is 11.6 Å². The Balaban J connectivity index is 0.00000171. The highest BCUT2D eigenvalue weighted by molar-refractivity contribution is 6.03. The zero-order chi connectivity index (χ0) is 20.2. The Kier molecular flexibility index (Phi) is 8.73. The maximum absolute atomic E-state index is 13.0. The summed E-state index contributed by atoms with van der Waals surface area (Å²) in [6, 6.07) is 9.21. The molecule has 166 valence electrons. The van der Waals surface area contributed by atoms with E-state index >= 15 is 0 Å². The number of piperidine rings is 1. The Labute approximate surface area is 191 Å². The number of amides is 1. The molecule has 1 fully saturated rings. The Bertz CT molecular complexity index is 992. The van der Waals surface area contributed by atoms with Gasteiger partial charge in [0, 0.05) is 6.07 Å². The van der Waals surface area contributed by atoms with Crippen LogP contribution in [-0.4, -0.2) is 39.0 Å². The molecule has 4 rings (SSSR count). The van der Waals surface area contributed by atoms with Crippen molar-refractivity contribution in [3.8, 4) is 11.6 Å². The van der Waals surface area contributed by atoms with Gasteiger partial charge in [0.05, 0.1) is 23.6 Å². The number of ether oxygens (including phenoxy) is 1. The Morgan fingerprint density at radius 1 is 1.16 bits per heavy atom. The van der Waals surface area contributed by atoms with Gasteiger partial charge < -0.3 is 15.4 Å². The number of hydrogen-bond donors (Lipinski definition) is 2. The van der Waals surface area contributed by atoms with Crippen LogP contribution in [-0.2, 0) is 0 Å². The monoisotopic (exact) mass is 468 g/mol. The molecule has 0 bridgehead atoms. The number of halogens is 3. The zero-order valence-corrected chi connectivity index (χ0v) is 18.4. The number of pyridine rings is 1. The summed E-state index contributed by atoms with van der Waals surface area (Å²) in [5, 5.41) is 14.4. The number of carbonyl (C=O) groups excluding carboxylic acids is 1. The fraction of sp³-hybridized carbons (Fsp3) is 0.300. The molecule has 1 aliphatic heterocycles. The van der Waals surface area contributed by atoms with Gasteiger partial charge >= 0.3 is 0 Å². The van der Waals surface area contributed by atoms with Crippen LogP contribution in [0.1, 0.15) is 35.1 Å². The molecule has 0 atom stereocenters. The van der Waals surface area contributed by atoms with Crippen molar-refractivity contribution in [2.75, 3.05) is 18.4 Å². The van der Waals surface area contributed by atoms with Crippen LogP contribution in [0.4, 0.5) is 10.1 Å². The summed E-state index contributed by atoms with van der Waals surface area (Å²) in [7, 11) is 0. The van der Waals surface area contributed by atoms with Crippen LogP contribution in [0.25, 0.3) is 0 Å². The molecule has 0 aliphatic carbocycles. The van der Waals surface area contributed by atoms with Gasteiger partial charge in [0.15, 0.2) is 5.69 Å². The maximum Gasteiger partial charge on any atom is 0.278 e. The molecule has 1 saturated heterocycles. The first-order valence-electron chi connectivity index (χ1n) is 9.43. The molecule has 1 amide bonds. The maximum atomic E-state index is 13.0. The van der Waals surface area contributed by atoms with Crippen molar-refractivity contribution in [3.05, 3.63) is 59.8 Å². The van der Waals surface area contributed by atoms with Crippen LogP contribution in [0.5, 0.6) is 11.6 Å². The predicted octanol–water partition coefficient (Wildman–Crippen LogP) is 3.93. The largest absolute Gasteiger partial charge is 0.439 e. The molecule has 0 unspecified atom stereocenters. The topological polar surface area (TPSA) is 94.0 Å². The van der Waals surface area contributed by atoms with Crippen molar-refractivity contribution >= 4 is 36.4 Å². The van der Waals surface area contributed by atoms with Gasteiger partial charge in [-0.3, -0.25) is 4.79 Å². The molecule has 31 heavy (non-hydrogen) atoms. The van der Waals surface area contributed by atoms with E-state index in [9.17, 15) is 9.18 Å². The van der Waals surface area contributed by atoms with E-state index in [1.54, 1.807) is 12.1 Å². The van der Waals surface area contributed by atoms with E-state index in [-0.39, 0.29) is 42.6 Å². The Hall–Kier alpha value is -2.75. The lowest BCUT2D eigenvalue weighted by atomic mass is 10.1. The fourth-order valence-electron chi connectivity index (χ4n) is 3.28. The predicted molar refractivity (Wildman–Crippen MR) is 119 cm³/mol. The van der Waals surface area contributed by atoms with E-state index in [0.717, 1.165) is 31.6 Å². The SMILES string of the molecule is Cc1c(C(=O)Nc2ccc(Oc3ccc(F)cc3)nc2)nnn1C1CCNCC1.Cl.Cl. The molecular formula is C20H23Cl2FN6O2. The summed E-state index contributed by atoms with van der Waals surface area (Å²) in [5.74, 6) is 0.135. The molecule has 0 radical (unpaired) electrons. The second kappa shape index (κ2) is 11.0. The lowest BCUT2D eigenvalue weighted by Gasteiger charge is -2.23. The molecular weight excluding hydrogens is 446 g/mol. The summed E-state index contributed by atoms with van der Waals surface area (Å²) in [4.78, 5) is 16.8. The van der Waals surface area contributed by atoms with Crippen molar-refractivity contribution in [2.24, 2.45) is 0 Å². The lowest BCUT2D eigenvalue weighted by Crippen LogP contribution is -2.30. The number of carbonyl (C=O) groups is 1. The number of nitrogens with zero attached hydrogens (tertiary/aromatic N) is 4. The summed E-state index contributed by atoms with van der Waals surface area (Å²) in [6.45, 7) is 3.72. The highest BCUT2D eigenvalue weighted by atomic mass is 35.5. The minimum atomic E-state index is -0.337. The molecule has 0 saturated carbocycles. The van der Waals surface area contributed by atoms with Crippen LogP contribution in [0.15, 0.2) is 42.6 Å². The highest BCUT2D eigenvalue weighted by Crippen LogP contribution is 2.22. The second-order valence-corrected chi connectivity index (χ2v) is 6.84. The molecule has 2 aromatic heterocycles. The number of hydrogen-bond acceptors (Lipinski definition) is 6. The van der Waals surface area contributed by atoms with Gasteiger partial charge in [0.25, 0.3) is 5.91 Å². The van der Waals surface area contributed by atoms with Gasteiger partial charge in [-0.15, -0.1) is 29.9 Å². The van der Waals surface area contributed by atoms with Crippen molar-refractivity contribution < 1.29 is 13.9 Å². The lowest BCUT2D eigenvalue weighted by molar-refractivity contribution is 0.102. The first kappa shape index (κ1) is 24.5. The minimum absolute atomic E-state index is 0. The van der Waals surface area contributed by atoms with Gasteiger partial charge in [-0.05, 0) is 63.2 Å². The summed E-state index contributed by atoms with van der Waals surface area (Å²) < 4.78 is 20.3. The average molecular weight is 469 g/mol. The number of aromatic nitrogens is 4. The van der Waals surface area contributed by atoms with Crippen molar-refractivity contribution in [1.82, 2.24) is 25.3 Å². The number of nitrogens with one attached hydrogen (secondary N) is 2. The number of benzene rings is 1. The van der Waals surface area contributed by atoms with Gasteiger partial charge in [-0.2, -0.15) is 0 Å². The minimum Gasteiger partial charge on any atom is -0.439 e. The van der Waals surface area contributed by atoms with E-state index in [1.807, 2.05) is 11.6 Å². The smallest absolute Gasteiger partial charge is 0.278 e. The third kappa shape index (κ3) is 5.90. The average Bonchev–Trinajstić information content (AvgIpc) is 3.13. The van der Waals surface area contributed by atoms with E-state index in [2.05, 4.69) is 25.9 Å². The van der Waals surface area contributed by atoms with Crippen molar-refractivity contribution in [2.45, 2.75) is 25.8 Å². The molecule has 3 aromatic rings. The number of rotatable bonds is 5. The Morgan fingerprint density at radius 3 is 2.52 bits per heavy atom. The fourth-order valence-corrected chi connectivity index (χ4v) is 3.28. The first-order chi connectivity index (χ1) is 14.1. The van der Waals surface area contributed by atoms with Gasteiger partial charge in [0.2, 0.25) is 5.88 Å². The summed E-state index contributed by atoms with van der Waals surface area (Å²) in [5.41, 5.74) is 1.56. The van der Waals surface area contributed by atoms with Crippen LogP contribution in [0, 0.1) is 12.7 Å². The standard InChI is InChI=1S/C20H21FN6O2.2ClH/c1-13-19(25-26-27(13)16-8-10-22-11-9-16)20(28)24-15-4-7-18(23-12-15)29-17-5-2-14(21)3-6-17;;/h2-7,12,16,22H,8-11H2,1H3,(H,24,28);2*1H. The molecule has 11 heteroatoms. The molecule has 1 aliphatic rings. The first-order valence-corrected chi connectivity index (χ1v) is 9.43. The van der Waals surface area contributed by atoms with E-state index in [4.69, 9.17) is 4.74 Å². The van der Waals surface area contributed by atoms with Crippen LogP contribution in [0.3, 0.4) is 0 Å². The molecule has 2 N–H and O–H groups in total. The summed E-state index contributed by atoms with van der Waals surface area (Å²) in [6.07, 6.45) is 3.42. The summed E-state index contributed by atoms with van der Waals surface area (Å²) >= 11 is 0. The van der Waals surface area contributed by atoms with Gasteiger partial charge in [-0.1, -0.05) is 5.21 Å². The van der Waals surface area contributed by atoms with E-state index < -0.39 is 0 Å². The van der Waals surface area contributed by atoms with E-state index in [0.29, 0.717) is 23.0 Å². The zero-order valence-electron chi connectivity index (χ0n) is 16.7. The van der Waals surface area contributed by atoms with E-state index in [1.165, 1.54) is 30.5 Å². The molecule has 3 heterocycles. The quantitative estimate of drug-likeness (QED) is 0.588. The van der Waals surface area contributed by atoms with Crippen LogP contribution in [0.2, 0.25) is 0 Å². The molecule has 8 nitrogen and oxygen atoms in total. The highest BCUT2D eigenvalue weighted by Gasteiger charge is 2.23. The van der Waals surface area contributed by atoms with Crippen molar-refractivity contribution in [3.63, 3.8) is 0 Å². The normalized spacial score (nSPS) is 13.6. The molecule has 0 spiro atoms. The van der Waals surface area contributed by atoms with Crippen molar-refractivity contribution in [1.29, 1.82) is 0 Å². The number of anilines is 1. The second-order valence-electron chi connectivity index (χ2n) is 6.84. The third-order valence-electron chi connectivity index (χ3n) is 4.83. The van der Waals surface area contributed by atoms with Crippen LogP contribution < -0.4 is 15.4 Å². The van der Waals surface area contributed by atoms with Gasteiger partial charge in [-0.25, -0.2) is 14.1 Å². The molecule has 1 aromatic carbocycles. The Morgan fingerprint density at radius 2 is 1.87 bits per heavy atom. The van der Waals surface area contributed by atoms with Crippen LogP contribution >= 0.6 is 24.8 Å². The third-order valence-corrected chi connectivity index (χ3v) is 4.83.